The number of thiocarbonyl (C=S) groups is 1. The van der Waals surface area contributed by atoms with E-state index in [9.17, 15) is 9.59 Å². The van der Waals surface area contributed by atoms with E-state index in [2.05, 4.69) is 16.2 Å². The molecule has 27 heavy (non-hydrogen) atoms. The van der Waals surface area contributed by atoms with Crippen LogP contribution < -0.4 is 26.6 Å². The topological polar surface area (TPSA) is 105 Å². The summed E-state index contributed by atoms with van der Waals surface area (Å²) in [6.45, 7) is 0.288. The van der Waals surface area contributed by atoms with Crippen LogP contribution in [0.4, 0.5) is 0 Å². The van der Waals surface area contributed by atoms with Crippen molar-refractivity contribution in [3.63, 3.8) is 0 Å². The molecule has 0 aliphatic carbocycles. The van der Waals surface area contributed by atoms with Gasteiger partial charge in [-0.3, -0.25) is 20.4 Å². The maximum atomic E-state index is 11.8. The van der Waals surface area contributed by atoms with Crippen LogP contribution in [0.5, 0.6) is 5.75 Å². The highest BCUT2D eigenvalue weighted by molar-refractivity contribution is 7.80. The molecule has 142 valence electrons. The van der Waals surface area contributed by atoms with Crippen molar-refractivity contribution in [2.45, 2.75) is 6.42 Å². The van der Waals surface area contributed by atoms with E-state index < -0.39 is 11.8 Å². The zero-order chi connectivity index (χ0) is 19.6. The number of halogens is 1. The van der Waals surface area contributed by atoms with E-state index in [4.69, 9.17) is 34.3 Å². The van der Waals surface area contributed by atoms with Gasteiger partial charge in [-0.1, -0.05) is 35.9 Å². The summed E-state index contributed by atoms with van der Waals surface area (Å²) in [5.41, 5.74) is 11.6. The fourth-order valence-electron chi connectivity index (χ4n) is 2.12. The summed E-state index contributed by atoms with van der Waals surface area (Å²) in [4.78, 5) is 23.1. The second-order valence-corrected chi connectivity index (χ2v) is 6.30. The van der Waals surface area contributed by atoms with E-state index in [1.54, 1.807) is 18.2 Å². The van der Waals surface area contributed by atoms with E-state index in [0.717, 1.165) is 12.0 Å². The van der Waals surface area contributed by atoms with Crippen LogP contribution in [0.15, 0.2) is 48.5 Å². The monoisotopic (exact) mass is 406 g/mol. The number of carbonyl (C=O) groups is 2. The third kappa shape index (κ3) is 7.12. The summed E-state index contributed by atoms with van der Waals surface area (Å²) >= 11 is 10.9. The zero-order valence-electron chi connectivity index (χ0n) is 14.3. The molecule has 2 amide bonds. The molecule has 2 aromatic rings. The Hall–Kier alpha value is -2.84. The number of carbonyl (C=O) groups excluding carboxylic acids is 2. The van der Waals surface area contributed by atoms with Gasteiger partial charge in [0.2, 0.25) is 0 Å². The summed E-state index contributed by atoms with van der Waals surface area (Å²) in [5.74, 6) is -0.852. The number of hydrazine groups is 1. The lowest BCUT2D eigenvalue weighted by molar-refractivity contribution is -0.123. The number of hydrogen-bond acceptors (Lipinski definition) is 4. The molecule has 0 atom stereocenters. The van der Waals surface area contributed by atoms with Crippen LogP contribution >= 0.6 is 23.8 Å². The molecule has 2 aromatic carbocycles. The van der Waals surface area contributed by atoms with Gasteiger partial charge in [0, 0.05) is 11.6 Å². The fourth-order valence-corrected chi connectivity index (χ4v) is 2.40. The van der Waals surface area contributed by atoms with Crippen LogP contribution in [0.25, 0.3) is 0 Å². The van der Waals surface area contributed by atoms with Gasteiger partial charge in [-0.25, -0.2) is 0 Å². The van der Waals surface area contributed by atoms with Crippen molar-refractivity contribution in [1.29, 1.82) is 0 Å². The molecule has 0 aromatic heterocycles. The zero-order valence-corrected chi connectivity index (χ0v) is 15.9. The quantitative estimate of drug-likeness (QED) is 0.411. The normalized spacial score (nSPS) is 9.96. The molecule has 0 spiro atoms. The highest BCUT2D eigenvalue weighted by Gasteiger charge is 2.10. The Bertz CT molecular complexity index is 815. The third-order valence-electron chi connectivity index (χ3n) is 3.44. The number of ether oxygens (including phenoxy) is 1. The highest BCUT2D eigenvalue weighted by atomic mass is 35.5. The van der Waals surface area contributed by atoms with Gasteiger partial charge < -0.3 is 15.8 Å². The highest BCUT2D eigenvalue weighted by Crippen LogP contribution is 2.16. The first kappa shape index (κ1) is 20.5. The summed E-state index contributed by atoms with van der Waals surface area (Å²) in [6.07, 6.45) is 0.750. The Morgan fingerprint density at radius 1 is 1.07 bits per heavy atom. The molecule has 0 aliphatic rings. The molecule has 9 heteroatoms. The number of benzene rings is 2. The first-order chi connectivity index (χ1) is 13.0. The molecule has 0 bridgehead atoms. The maximum Gasteiger partial charge on any atom is 0.276 e. The second-order valence-electron chi connectivity index (χ2n) is 5.45. The lowest BCUT2D eigenvalue weighted by atomic mass is 10.1. The third-order valence-corrected chi connectivity index (χ3v) is 3.94. The van der Waals surface area contributed by atoms with Crippen LogP contribution in [0.1, 0.15) is 15.9 Å². The molecule has 0 saturated heterocycles. The van der Waals surface area contributed by atoms with Crippen LogP contribution in [0.2, 0.25) is 5.02 Å². The minimum Gasteiger partial charge on any atom is -0.483 e. The predicted molar refractivity (Wildman–Crippen MR) is 107 cm³/mol. The SMILES string of the molecule is NC(=O)c1ccccc1OCC(=O)NNC(=S)NCCc1ccc(Cl)cc1. The summed E-state index contributed by atoms with van der Waals surface area (Å²) < 4.78 is 5.31. The number of primary amides is 1. The van der Waals surface area contributed by atoms with Crippen LogP contribution in [0, 0.1) is 0 Å². The van der Waals surface area contributed by atoms with Gasteiger partial charge in [-0.2, -0.15) is 0 Å². The van der Waals surface area contributed by atoms with E-state index in [1.165, 1.54) is 6.07 Å². The van der Waals surface area contributed by atoms with Gasteiger partial charge in [-0.15, -0.1) is 0 Å². The van der Waals surface area contributed by atoms with Crippen molar-refractivity contribution in [2.75, 3.05) is 13.2 Å². The van der Waals surface area contributed by atoms with Gasteiger partial charge in [0.15, 0.2) is 11.7 Å². The molecular weight excluding hydrogens is 388 g/mol. The van der Waals surface area contributed by atoms with E-state index in [-0.39, 0.29) is 23.0 Å². The molecule has 0 saturated carbocycles. The van der Waals surface area contributed by atoms with Crippen molar-refractivity contribution >= 4 is 40.7 Å². The second kappa shape index (κ2) is 10.3. The van der Waals surface area contributed by atoms with Crippen LogP contribution in [-0.4, -0.2) is 30.1 Å². The van der Waals surface area contributed by atoms with Crippen molar-refractivity contribution in [3.8, 4) is 5.75 Å². The Morgan fingerprint density at radius 3 is 2.48 bits per heavy atom. The Balaban J connectivity index is 1.67. The van der Waals surface area contributed by atoms with Crippen molar-refractivity contribution in [2.24, 2.45) is 5.73 Å². The lowest BCUT2D eigenvalue weighted by Crippen LogP contribution is -2.48. The summed E-state index contributed by atoms with van der Waals surface area (Å²) in [6, 6.07) is 13.9. The predicted octanol–water partition coefficient (Wildman–Crippen LogP) is 1.56. The molecule has 0 radical (unpaired) electrons. The van der Waals surface area contributed by atoms with Crippen LogP contribution in [0.3, 0.4) is 0 Å². The van der Waals surface area contributed by atoms with Gasteiger partial charge in [0.25, 0.3) is 11.8 Å². The molecule has 0 unspecified atom stereocenters. The summed E-state index contributed by atoms with van der Waals surface area (Å²) in [7, 11) is 0. The number of amides is 2. The minimum absolute atomic E-state index is 0.206. The number of para-hydroxylation sites is 1. The Kier molecular flexibility index (Phi) is 7.84. The van der Waals surface area contributed by atoms with Gasteiger partial charge in [-0.05, 0) is 48.5 Å². The van der Waals surface area contributed by atoms with Gasteiger partial charge in [0.1, 0.15) is 5.75 Å². The first-order valence-corrected chi connectivity index (χ1v) is 8.83. The Labute approximate surface area is 167 Å². The number of rotatable bonds is 7. The van der Waals surface area contributed by atoms with Crippen molar-refractivity contribution in [1.82, 2.24) is 16.2 Å². The van der Waals surface area contributed by atoms with Crippen molar-refractivity contribution in [3.05, 3.63) is 64.7 Å². The molecule has 0 aliphatic heterocycles. The number of hydrogen-bond donors (Lipinski definition) is 4. The standard InChI is InChI=1S/C18H19ClN4O3S/c19-13-7-5-12(6-8-13)9-10-21-18(27)23-22-16(24)11-26-15-4-2-1-3-14(15)17(20)25/h1-8H,9-11H2,(H2,20,25)(H,22,24)(H2,21,23,27). The van der Waals surface area contributed by atoms with Crippen molar-refractivity contribution < 1.29 is 14.3 Å². The van der Waals surface area contributed by atoms with Gasteiger partial charge >= 0.3 is 0 Å². The molecular formula is C18H19ClN4O3S. The number of nitrogens with two attached hydrogens (primary N) is 1. The molecule has 5 N–H and O–H groups in total. The van der Waals surface area contributed by atoms with E-state index >= 15 is 0 Å². The smallest absolute Gasteiger partial charge is 0.276 e. The van der Waals surface area contributed by atoms with E-state index in [0.29, 0.717) is 11.6 Å². The molecule has 2 rings (SSSR count). The lowest BCUT2D eigenvalue weighted by Gasteiger charge is -2.13. The average Bonchev–Trinajstić information content (AvgIpc) is 2.66. The minimum atomic E-state index is -0.629. The van der Waals surface area contributed by atoms with Crippen LogP contribution in [-0.2, 0) is 11.2 Å². The molecule has 7 nitrogen and oxygen atoms in total. The first-order valence-electron chi connectivity index (χ1n) is 8.04. The van der Waals surface area contributed by atoms with Gasteiger partial charge in [0.05, 0.1) is 5.56 Å². The largest absolute Gasteiger partial charge is 0.483 e. The molecule has 0 fully saturated rings. The maximum absolute atomic E-state index is 11.8. The van der Waals surface area contributed by atoms with E-state index in [1.807, 2.05) is 24.3 Å². The number of nitrogens with one attached hydrogen (secondary N) is 3. The average molecular weight is 407 g/mol. The Morgan fingerprint density at radius 2 is 1.78 bits per heavy atom. The fraction of sp³-hybridized carbons (Fsp3) is 0.167. The molecule has 0 heterocycles. The summed E-state index contributed by atoms with van der Waals surface area (Å²) in [5, 5.41) is 3.93.